The lowest BCUT2D eigenvalue weighted by atomic mass is 10.3. The first-order valence-electron chi connectivity index (χ1n) is 4.26. The zero-order valence-electron chi connectivity index (χ0n) is 8.16. The van der Waals surface area contributed by atoms with Gasteiger partial charge < -0.3 is 15.7 Å². The molecule has 0 saturated heterocycles. The second kappa shape index (κ2) is 5.95. The number of aliphatic carboxylic acids is 1. The first-order chi connectivity index (χ1) is 6.47. The molecule has 0 saturated carbocycles. The summed E-state index contributed by atoms with van der Waals surface area (Å²) < 4.78 is 0. The van der Waals surface area contributed by atoms with Gasteiger partial charge in [-0.05, 0) is 6.92 Å². The Balaban J connectivity index is 3.76. The number of carboxylic acids is 1. The van der Waals surface area contributed by atoms with Gasteiger partial charge in [-0.25, -0.2) is 0 Å². The third-order valence-electron chi connectivity index (χ3n) is 1.52. The third kappa shape index (κ3) is 5.13. The number of amides is 2. The van der Waals surface area contributed by atoms with Crippen molar-refractivity contribution in [2.75, 3.05) is 6.54 Å². The molecule has 6 nitrogen and oxygen atoms in total. The van der Waals surface area contributed by atoms with Gasteiger partial charge in [0.1, 0.15) is 6.04 Å². The van der Waals surface area contributed by atoms with Crippen molar-refractivity contribution in [3.05, 3.63) is 0 Å². The fourth-order valence-corrected chi connectivity index (χ4v) is 0.658. The summed E-state index contributed by atoms with van der Waals surface area (Å²) >= 11 is 0. The van der Waals surface area contributed by atoms with E-state index >= 15 is 0 Å². The normalized spacial score (nSPS) is 11.6. The molecule has 14 heavy (non-hydrogen) atoms. The number of rotatable bonds is 5. The smallest absolute Gasteiger partial charge is 0.325 e. The van der Waals surface area contributed by atoms with E-state index in [-0.39, 0.29) is 12.5 Å². The van der Waals surface area contributed by atoms with E-state index in [1.165, 1.54) is 6.92 Å². The zero-order valence-corrected chi connectivity index (χ0v) is 8.16. The third-order valence-corrected chi connectivity index (χ3v) is 1.52. The molecule has 2 amide bonds. The second-order valence-electron chi connectivity index (χ2n) is 2.76. The van der Waals surface area contributed by atoms with Crippen LogP contribution in [0.1, 0.15) is 20.3 Å². The predicted octanol–water partition coefficient (Wildman–Crippen LogP) is -0.898. The van der Waals surface area contributed by atoms with Gasteiger partial charge in [0.15, 0.2) is 0 Å². The fourth-order valence-electron chi connectivity index (χ4n) is 0.658. The Morgan fingerprint density at radius 3 is 2.29 bits per heavy atom. The highest BCUT2D eigenvalue weighted by molar-refractivity contribution is 5.87. The second-order valence-corrected chi connectivity index (χ2v) is 2.76. The molecular weight excluding hydrogens is 188 g/mol. The molecule has 1 atom stereocenters. The molecule has 0 bridgehead atoms. The van der Waals surface area contributed by atoms with Crippen molar-refractivity contribution < 1.29 is 19.5 Å². The Morgan fingerprint density at radius 2 is 1.86 bits per heavy atom. The average molecular weight is 202 g/mol. The molecular formula is C8H14N2O4. The van der Waals surface area contributed by atoms with Gasteiger partial charge in [0, 0.05) is 6.42 Å². The van der Waals surface area contributed by atoms with Crippen molar-refractivity contribution >= 4 is 17.8 Å². The van der Waals surface area contributed by atoms with Crippen molar-refractivity contribution in [1.29, 1.82) is 0 Å². The minimum absolute atomic E-state index is 0.190. The van der Waals surface area contributed by atoms with E-state index in [9.17, 15) is 14.4 Å². The zero-order chi connectivity index (χ0) is 11.1. The Bertz CT molecular complexity index is 239. The standard InChI is InChI=1S/C8H14N2O4/c1-3-6(11)9-4-7(12)10-5(2)8(13)14/h5H,3-4H2,1-2H3,(H,9,11)(H,10,12)(H,13,14)/t5-/m0/s1. The summed E-state index contributed by atoms with van der Waals surface area (Å²) in [4.78, 5) is 32.0. The molecule has 0 aromatic carbocycles. The van der Waals surface area contributed by atoms with Gasteiger partial charge in [-0.15, -0.1) is 0 Å². The van der Waals surface area contributed by atoms with E-state index in [1.54, 1.807) is 6.92 Å². The fraction of sp³-hybridized carbons (Fsp3) is 0.625. The first-order valence-corrected chi connectivity index (χ1v) is 4.26. The molecule has 0 fully saturated rings. The number of nitrogens with one attached hydrogen (secondary N) is 2. The summed E-state index contributed by atoms with van der Waals surface area (Å²) in [5.41, 5.74) is 0. The summed E-state index contributed by atoms with van der Waals surface area (Å²) in [5, 5.41) is 13.0. The first kappa shape index (κ1) is 12.4. The van der Waals surface area contributed by atoms with E-state index in [2.05, 4.69) is 10.6 Å². The van der Waals surface area contributed by atoms with Crippen LogP contribution in [0.15, 0.2) is 0 Å². The molecule has 0 spiro atoms. The molecule has 0 aliphatic rings. The van der Waals surface area contributed by atoms with Crippen LogP contribution in [0.3, 0.4) is 0 Å². The van der Waals surface area contributed by atoms with E-state index in [0.29, 0.717) is 6.42 Å². The van der Waals surface area contributed by atoms with Crippen LogP contribution in [0.2, 0.25) is 0 Å². The molecule has 0 aromatic rings. The highest BCUT2D eigenvalue weighted by atomic mass is 16.4. The highest BCUT2D eigenvalue weighted by Crippen LogP contribution is 1.81. The number of carboxylic acid groups (broad SMARTS) is 1. The summed E-state index contributed by atoms with van der Waals surface area (Å²) in [6.45, 7) is 2.82. The van der Waals surface area contributed by atoms with Crippen LogP contribution in [-0.4, -0.2) is 35.5 Å². The SMILES string of the molecule is CCC(=O)NCC(=O)N[C@@H](C)C(=O)O. The maximum Gasteiger partial charge on any atom is 0.325 e. The van der Waals surface area contributed by atoms with Gasteiger partial charge >= 0.3 is 5.97 Å². The van der Waals surface area contributed by atoms with E-state index in [1.807, 2.05) is 0 Å². The van der Waals surface area contributed by atoms with Crippen LogP contribution >= 0.6 is 0 Å². The maximum absolute atomic E-state index is 11.0. The molecule has 6 heteroatoms. The Morgan fingerprint density at radius 1 is 1.29 bits per heavy atom. The molecule has 0 aliphatic carbocycles. The van der Waals surface area contributed by atoms with E-state index in [4.69, 9.17) is 5.11 Å². The molecule has 0 aromatic heterocycles. The van der Waals surface area contributed by atoms with Crippen molar-refractivity contribution in [2.45, 2.75) is 26.3 Å². The summed E-state index contributed by atoms with van der Waals surface area (Å²) in [5.74, 6) is -1.87. The van der Waals surface area contributed by atoms with E-state index in [0.717, 1.165) is 0 Å². The highest BCUT2D eigenvalue weighted by Gasteiger charge is 2.13. The van der Waals surface area contributed by atoms with Crippen LogP contribution < -0.4 is 10.6 Å². The average Bonchev–Trinajstić information content (AvgIpc) is 2.13. The van der Waals surface area contributed by atoms with Gasteiger partial charge in [0.2, 0.25) is 11.8 Å². The van der Waals surface area contributed by atoms with Crippen molar-refractivity contribution in [3.63, 3.8) is 0 Å². The lowest BCUT2D eigenvalue weighted by molar-refractivity contribution is -0.141. The molecule has 0 aliphatic heterocycles. The van der Waals surface area contributed by atoms with Crippen LogP contribution in [0.25, 0.3) is 0 Å². The van der Waals surface area contributed by atoms with Gasteiger partial charge in [0.25, 0.3) is 0 Å². The van der Waals surface area contributed by atoms with Crippen molar-refractivity contribution in [3.8, 4) is 0 Å². The maximum atomic E-state index is 11.0. The largest absolute Gasteiger partial charge is 0.480 e. The quantitative estimate of drug-likeness (QED) is 0.538. The molecule has 0 unspecified atom stereocenters. The Kier molecular flexibility index (Phi) is 5.28. The lowest BCUT2D eigenvalue weighted by Gasteiger charge is -2.09. The minimum atomic E-state index is -1.11. The van der Waals surface area contributed by atoms with Crippen LogP contribution in [0.4, 0.5) is 0 Å². The van der Waals surface area contributed by atoms with Gasteiger partial charge in [-0.2, -0.15) is 0 Å². The monoisotopic (exact) mass is 202 g/mol. The van der Waals surface area contributed by atoms with Crippen LogP contribution in [-0.2, 0) is 14.4 Å². The summed E-state index contributed by atoms with van der Waals surface area (Å²) in [7, 11) is 0. The molecule has 80 valence electrons. The minimum Gasteiger partial charge on any atom is -0.480 e. The molecule has 0 radical (unpaired) electrons. The number of carbonyl (C=O) groups is 3. The lowest BCUT2D eigenvalue weighted by Crippen LogP contribution is -2.43. The number of hydrogen-bond donors (Lipinski definition) is 3. The van der Waals surface area contributed by atoms with Crippen LogP contribution in [0, 0.1) is 0 Å². The molecule has 0 rings (SSSR count). The van der Waals surface area contributed by atoms with Crippen LogP contribution in [0.5, 0.6) is 0 Å². The van der Waals surface area contributed by atoms with Gasteiger partial charge in [-0.3, -0.25) is 14.4 Å². The van der Waals surface area contributed by atoms with Gasteiger partial charge in [0.05, 0.1) is 6.54 Å². The Hall–Kier alpha value is -1.59. The van der Waals surface area contributed by atoms with E-state index < -0.39 is 17.9 Å². The van der Waals surface area contributed by atoms with Crippen molar-refractivity contribution in [2.24, 2.45) is 0 Å². The van der Waals surface area contributed by atoms with Gasteiger partial charge in [-0.1, -0.05) is 6.92 Å². The van der Waals surface area contributed by atoms with Crippen molar-refractivity contribution in [1.82, 2.24) is 10.6 Å². The summed E-state index contributed by atoms with van der Waals surface area (Å²) in [6.07, 6.45) is 0.293. The molecule has 0 heterocycles. The number of carbonyl (C=O) groups excluding carboxylic acids is 2. The predicted molar refractivity (Wildman–Crippen MR) is 48.5 cm³/mol. The molecule has 3 N–H and O–H groups in total. The summed E-state index contributed by atoms with van der Waals surface area (Å²) in [6, 6.07) is -0.943. The Labute approximate surface area is 81.7 Å². The topological polar surface area (TPSA) is 95.5 Å². The number of hydrogen-bond acceptors (Lipinski definition) is 3.